The largest absolute Gasteiger partial charge is 0.441 e. The summed E-state index contributed by atoms with van der Waals surface area (Å²) in [6.07, 6.45) is 3.91. The molecule has 28 heavy (non-hydrogen) atoms. The number of aromatic nitrogens is 1. The van der Waals surface area contributed by atoms with Crippen LogP contribution < -0.4 is 0 Å². The first-order valence-corrected chi connectivity index (χ1v) is 10.1. The van der Waals surface area contributed by atoms with Crippen molar-refractivity contribution in [3.8, 4) is 0 Å². The molecule has 3 heterocycles. The van der Waals surface area contributed by atoms with Gasteiger partial charge in [-0.2, -0.15) is 0 Å². The van der Waals surface area contributed by atoms with Crippen molar-refractivity contribution in [1.29, 1.82) is 0 Å². The van der Waals surface area contributed by atoms with E-state index < -0.39 is 5.60 Å². The Morgan fingerprint density at radius 2 is 2.04 bits per heavy atom. The number of piperidine rings is 1. The fourth-order valence-corrected chi connectivity index (χ4v) is 4.05. The van der Waals surface area contributed by atoms with Crippen LogP contribution in [0.15, 0.2) is 36.5 Å². The number of fused-ring (bicyclic) bond motifs is 1. The maximum Gasteiger partial charge on any atom is 0.410 e. The van der Waals surface area contributed by atoms with Crippen molar-refractivity contribution in [3.05, 3.63) is 42.1 Å². The van der Waals surface area contributed by atoms with Crippen molar-refractivity contribution in [2.24, 2.45) is 5.92 Å². The smallest absolute Gasteiger partial charge is 0.410 e. The molecule has 0 N–H and O–H groups in total. The second-order valence-corrected chi connectivity index (χ2v) is 8.36. The van der Waals surface area contributed by atoms with Crippen LogP contribution in [0.3, 0.4) is 0 Å². The fraction of sp³-hybridized carbons (Fsp3) is 0.500. The molecular formula is C22H27N3O3. The lowest BCUT2D eigenvalue weighted by Gasteiger charge is -2.37. The zero-order valence-electron chi connectivity index (χ0n) is 16.6. The Balaban J connectivity index is 1.39. The van der Waals surface area contributed by atoms with Crippen LogP contribution in [0.1, 0.15) is 43.5 Å². The van der Waals surface area contributed by atoms with Gasteiger partial charge in [0.1, 0.15) is 5.60 Å². The predicted octanol–water partition coefficient (Wildman–Crippen LogP) is 3.71. The van der Waals surface area contributed by atoms with Crippen molar-refractivity contribution in [1.82, 2.24) is 14.8 Å². The van der Waals surface area contributed by atoms with Crippen LogP contribution in [0.25, 0.3) is 10.9 Å². The molecule has 2 aromatic rings. The summed E-state index contributed by atoms with van der Waals surface area (Å²) in [5.41, 5.74) is 1.13. The SMILES string of the molecule is CC(C)CCN1CC2(CCN(C(=O)c3ccc4ncccc4c3)CC2)OC1=O. The van der Waals surface area contributed by atoms with Gasteiger partial charge >= 0.3 is 6.09 Å². The molecule has 0 saturated carbocycles. The Bertz CT molecular complexity index is 887. The van der Waals surface area contributed by atoms with E-state index in [2.05, 4.69) is 18.8 Å². The van der Waals surface area contributed by atoms with E-state index in [9.17, 15) is 9.59 Å². The molecule has 2 fully saturated rings. The number of carbonyl (C=O) groups is 2. The van der Waals surface area contributed by atoms with Gasteiger partial charge in [0.2, 0.25) is 0 Å². The topological polar surface area (TPSA) is 62.7 Å². The van der Waals surface area contributed by atoms with E-state index in [1.54, 1.807) is 6.20 Å². The second kappa shape index (κ2) is 7.41. The quantitative estimate of drug-likeness (QED) is 0.810. The van der Waals surface area contributed by atoms with E-state index in [1.165, 1.54) is 0 Å². The molecule has 1 aromatic carbocycles. The summed E-state index contributed by atoms with van der Waals surface area (Å²) in [7, 11) is 0. The van der Waals surface area contributed by atoms with E-state index in [4.69, 9.17) is 4.74 Å². The molecule has 2 saturated heterocycles. The summed E-state index contributed by atoms with van der Waals surface area (Å²) < 4.78 is 5.77. The zero-order valence-corrected chi connectivity index (χ0v) is 16.6. The third-order valence-electron chi connectivity index (χ3n) is 5.83. The van der Waals surface area contributed by atoms with Crippen molar-refractivity contribution >= 4 is 22.9 Å². The Kier molecular flexibility index (Phi) is 4.96. The minimum Gasteiger partial charge on any atom is -0.441 e. The molecule has 2 aliphatic rings. The lowest BCUT2D eigenvalue weighted by molar-refractivity contribution is 0.00313. The molecular weight excluding hydrogens is 354 g/mol. The normalized spacial score (nSPS) is 18.9. The molecule has 0 radical (unpaired) electrons. The minimum absolute atomic E-state index is 0.0293. The van der Waals surface area contributed by atoms with Crippen LogP contribution >= 0.6 is 0 Å². The third kappa shape index (κ3) is 3.68. The summed E-state index contributed by atoms with van der Waals surface area (Å²) in [6, 6.07) is 9.47. The van der Waals surface area contributed by atoms with Crippen LogP contribution in [-0.2, 0) is 4.74 Å². The highest BCUT2D eigenvalue weighted by molar-refractivity contribution is 5.98. The van der Waals surface area contributed by atoms with E-state index >= 15 is 0 Å². The summed E-state index contributed by atoms with van der Waals surface area (Å²) in [5, 5.41) is 0.965. The molecule has 148 valence electrons. The highest BCUT2D eigenvalue weighted by atomic mass is 16.6. The highest BCUT2D eigenvalue weighted by Crippen LogP contribution is 2.34. The zero-order chi connectivity index (χ0) is 19.7. The summed E-state index contributed by atoms with van der Waals surface area (Å²) in [5.74, 6) is 0.586. The van der Waals surface area contributed by atoms with Gasteiger partial charge in [0.25, 0.3) is 5.91 Å². The Hall–Kier alpha value is -2.63. The number of nitrogens with zero attached hydrogens (tertiary/aromatic N) is 3. The first-order valence-electron chi connectivity index (χ1n) is 10.1. The van der Waals surface area contributed by atoms with E-state index in [1.807, 2.05) is 40.1 Å². The molecule has 6 nitrogen and oxygen atoms in total. The molecule has 2 amide bonds. The number of likely N-dealkylation sites (tertiary alicyclic amines) is 1. The highest BCUT2D eigenvalue weighted by Gasteiger charge is 2.47. The predicted molar refractivity (Wildman–Crippen MR) is 107 cm³/mol. The molecule has 0 aliphatic carbocycles. The maximum atomic E-state index is 12.9. The van der Waals surface area contributed by atoms with Crippen molar-refractivity contribution in [2.45, 2.75) is 38.7 Å². The second-order valence-electron chi connectivity index (χ2n) is 8.36. The maximum absolute atomic E-state index is 12.9. The molecule has 6 heteroatoms. The summed E-state index contributed by atoms with van der Waals surface area (Å²) >= 11 is 0. The lowest BCUT2D eigenvalue weighted by Crippen LogP contribution is -2.48. The monoisotopic (exact) mass is 381 g/mol. The molecule has 0 unspecified atom stereocenters. The van der Waals surface area contributed by atoms with Crippen LogP contribution in [0.5, 0.6) is 0 Å². The van der Waals surface area contributed by atoms with Crippen molar-refractivity contribution < 1.29 is 14.3 Å². The van der Waals surface area contributed by atoms with E-state index in [-0.39, 0.29) is 12.0 Å². The number of benzene rings is 1. The number of ether oxygens (including phenoxy) is 1. The van der Waals surface area contributed by atoms with Gasteiger partial charge in [-0.3, -0.25) is 9.78 Å². The van der Waals surface area contributed by atoms with Gasteiger partial charge in [-0.25, -0.2) is 4.79 Å². The van der Waals surface area contributed by atoms with Gasteiger partial charge in [-0.15, -0.1) is 0 Å². The third-order valence-corrected chi connectivity index (χ3v) is 5.83. The van der Waals surface area contributed by atoms with Gasteiger partial charge in [0.15, 0.2) is 0 Å². The first kappa shape index (κ1) is 18.7. The summed E-state index contributed by atoms with van der Waals surface area (Å²) in [6.45, 7) is 6.91. The average Bonchev–Trinajstić information content (AvgIpc) is 3.01. The van der Waals surface area contributed by atoms with Gasteiger partial charge in [0, 0.05) is 49.6 Å². The molecule has 1 aromatic heterocycles. The Morgan fingerprint density at radius 1 is 1.25 bits per heavy atom. The van der Waals surface area contributed by atoms with E-state index in [0.717, 1.165) is 23.9 Å². The van der Waals surface area contributed by atoms with Gasteiger partial charge in [-0.1, -0.05) is 19.9 Å². The minimum atomic E-state index is -0.432. The van der Waals surface area contributed by atoms with Crippen molar-refractivity contribution in [3.63, 3.8) is 0 Å². The van der Waals surface area contributed by atoms with Gasteiger partial charge in [-0.05, 0) is 36.6 Å². The number of rotatable bonds is 4. The van der Waals surface area contributed by atoms with Gasteiger partial charge in [0.05, 0.1) is 12.1 Å². The molecule has 4 rings (SSSR count). The standard InChI is InChI=1S/C22H27N3O3/c1-16(2)7-11-25-15-22(28-21(25)27)8-12-24(13-9-22)20(26)18-5-6-19-17(14-18)4-3-10-23-19/h3-6,10,14,16H,7-9,11-13,15H2,1-2H3. The first-order chi connectivity index (χ1) is 13.5. The van der Waals surface area contributed by atoms with Gasteiger partial charge < -0.3 is 14.5 Å². The number of hydrogen-bond donors (Lipinski definition) is 0. The number of amides is 2. The number of hydrogen-bond acceptors (Lipinski definition) is 4. The number of carbonyl (C=O) groups excluding carboxylic acids is 2. The Morgan fingerprint density at radius 3 is 2.79 bits per heavy atom. The van der Waals surface area contributed by atoms with E-state index in [0.29, 0.717) is 44.0 Å². The van der Waals surface area contributed by atoms with Crippen LogP contribution in [0, 0.1) is 5.92 Å². The van der Waals surface area contributed by atoms with Crippen LogP contribution in [0.4, 0.5) is 4.79 Å². The fourth-order valence-electron chi connectivity index (χ4n) is 4.05. The molecule has 0 bridgehead atoms. The average molecular weight is 381 g/mol. The Labute approximate surface area is 165 Å². The summed E-state index contributed by atoms with van der Waals surface area (Å²) in [4.78, 5) is 33.2. The molecule has 2 aliphatic heterocycles. The van der Waals surface area contributed by atoms with Crippen molar-refractivity contribution in [2.75, 3.05) is 26.2 Å². The number of pyridine rings is 1. The van der Waals surface area contributed by atoms with Crippen LogP contribution in [0.2, 0.25) is 0 Å². The lowest BCUT2D eigenvalue weighted by atomic mass is 9.91. The van der Waals surface area contributed by atoms with Crippen LogP contribution in [-0.4, -0.2) is 58.6 Å². The molecule has 1 spiro atoms. The molecule has 0 atom stereocenters.